The van der Waals surface area contributed by atoms with Gasteiger partial charge in [-0.3, -0.25) is 14.2 Å². The van der Waals surface area contributed by atoms with Gasteiger partial charge in [0.2, 0.25) is 0 Å². The number of rotatable bonds is 9. The minimum atomic E-state index is -0.305. The zero-order chi connectivity index (χ0) is 28.1. The molecule has 0 amide bonds. The average Bonchev–Trinajstić information content (AvgIpc) is 3.43. The number of methoxy groups -OCH3 is 1. The van der Waals surface area contributed by atoms with Crippen molar-refractivity contribution in [2.24, 2.45) is 0 Å². The molecule has 2 aromatic heterocycles. The van der Waals surface area contributed by atoms with E-state index in [9.17, 15) is 9.59 Å². The van der Waals surface area contributed by atoms with Crippen LogP contribution in [0, 0.1) is 18.3 Å². The molecule has 0 N–H and O–H groups in total. The molecule has 198 valence electrons. The van der Waals surface area contributed by atoms with Crippen LogP contribution in [-0.2, 0) is 13.2 Å². The first-order valence-electron chi connectivity index (χ1n) is 12.5. The fourth-order valence-corrected chi connectivity index (χ4v) is 4.30. The fourth-order valence-electron chi connectivity index (χ4n) is 4.30. The Morgan fingerprint density at radius 1 is 1.00 bits per heavy atom. The van der Waals surface area contributed by atoms with Gasteiger partial charge in [-0.05, 0) is 54.4 Å². The summed E-state index contributed by atoms with van der Waals surface area (Å²) in [5.74, 6) is 0.535. The highest BCUT2D eigenvalue weighted by Gasteiger charge is 2.18. The first-order chi connectivity index (χ1) is 19.4. The van der Waals surface area contributed by atoms with Crippen molar-refractivity contribution in [2.45, 2.75) is 20.1 Å². The molecule has 5 aromatic rings. The van der Waals surface area contributed by atoms with Crippen LogP contribution < -0.4 is 15.0 Å². The Hall–Kier alpha value is -5.49. The Kier molecular flexibility index (Phi) is 7.51. The van der Waals surface area contributed by atoms with Crippen LogP contribution in [-0.4, -0.2) is 32.5 Å². The number of nitrogens with zero attached hydrogens (tertiary/aromatic N) is 5. The van der Waals surface area contributed by atoms with E-state index >= 15 is 0 Å². The predicted molar refractivity (Wildman–Crippen MR) is 148 cm³/mol. The van der Waals surface area contributed by atoms with Gasteiger partial charge in [-0.2, -0.15) is 5.26 Å². The Labute approximate surface area is 230 Å². The number of hydrogen-bond acceptors (Lipinski definition) is 7. The SMILES string of the molecule is COc1ccc(C(=O)c2ccc(=O)n(-c3ccccc3C)c2)c(OCc2cn(Cc3cccc(C#N)c3)nn2)c1. The van der Waals surface area contributed by atoms with Crippen LogP contribution in [0.3, 0.4) is 0 Å². The Morgan fingerprint density at radius 2 is 1.85 bits per heavy atom. The lowest BCUT2D eigenvalue weighted by molar-refractivity contribution is 0.103. The summed E-state index contributed by atoms with van der Waals surface area (Å²) in [5, 5.41) is 17.5. The number of carbonyl (C=O) groups is 1. The van der Waals surface area contributed by atoms with Crippen LogP contribution in [0.2, 0.25) is 0 Å². The van der Waals surface area contributed by atoms with E-state index in [1.807, 2.05) is 43.3 Å². The number of aromatic nitrogens is 4. The number of nitriles is 1. The van der Waals surface area contributed by atoms with Crippen molar-refractivity contribution < 1.29 is 14.3 Å². The quantitative estimate of drug-likeness (QED) is 0.258. The maximum Gasteiger partial charge on any atom is 0.255 e. The summed E-state index contributed by atoms with van der Waals surface area (Å²) in [6.07, 6.45) is 3.30. The van der Waals surface area contributed by atoms with Gasteiger partial charge < -0.3 is 9.47 Å². The van der Waals surface area contributed by atoms with Crippen molar-refractivity contribution in [3.05, 3.63) is 135 Å². The van der Waals surface area contributed by atoms with E-state index in [0.717, 1.165) is 11.1 Å². The van der Waals surface area contributed by atoms with Gasteiger partial charge in [0.05, 0.1) is 42.7 Å². The van der Waals surface area contributed by atoms with Crippen LogP contribution in [0.1, 0.15) is 38.3 Å². The number of aryl methyl sites for hydroxylation is 1. The molecule has 0 aliphatic rings. The normalized spacial score (nSPS) is 10.6. The largest absolute Gasteiger partial charge is 0.497 e. The first-order valence-corrected chi connectivity index (χ1v) is 12.5. The molecule has 0 spiro atoms. The molecule has 40 heavy (non-hydrogen) atoms. The summed E-state index contributed by atoms with van der Waals surface area (Å²) in [6.45, 7) is 2.42. The molecule has 0 aliphatic carbocycles. The maximum atomic E-state index is 13.6. The molecule has 9 nitrogen and oxygen atoms in total. The van der Waals surface area contributed by atoms with Crippen LogP contribution in [0.25, 0.3) is 5.69 Å². The van der Waals surface area contributed by atoms with Crippen molar-refractivity contribution in [1.29, 1.82) is 5.26 Å². The van der Waals surface area contributed by atoms with E-state index in [1.54, 1.807) is 47.4 Å². The van der Waals surface area contributed by atoms with Gasteiger partial charge in [0.15, 0.2) is 5.78 Å². The predicted octanol–water partition coefficient (Wildman–Crippen LogP) is 4.48. The molecular weight excluding hydrogens is 506 g/mol. The molecule has 9 heteroatoms. The van der Waals surface area contributed by atoms with E-state index in [1.165, 1.54) is 23.8 Å². The van der Waals surface area contributed by atoms with Crippen molar-refractivity contribution >= 4 is 5.78 Å². The van der Waals surface area contributed by atoms with Gasteiger partial charge in [-0.1, -0.05) is 35.5 Å². The van der Waals surface area contributed by atoms with Crippen molar-refractivity contribution in [1.82, 2.24) is 19.6 Å². The number of hydrogen-bond donors (Lipinski definition) is 0. The number of para-hydroxylation sites is 1. The lowest BCUT2D eigenvalue weighted by Crippen LogP contribution is -2.19. The first kappa shape index (κ1) is 26.1. The van der Waals surface area contributed by atoms with E-state index in [4.69, 9.17) is 14.7 Å². The Morgan fingerprint density at radius 3 is 2.65 bits per heavy atom. The van der Waals surface area contributed by atoms with Gasteiger partial charge in [0.1, 0.15) is 23.8 Å². The molecule has 0 radical (unpaired) electrons. The molecule has 5 rings (SSSR count). The highest BCUT2D eigenvalue weighted by atomic mass is 16.5. The summed E-state index contributed by atoms with van der Waals surface area (Å²) in [4.78, 5) is 26.3. The molecule has 0 saturated carbocycles. The molecule has 0 unspecified atom stereocenters. The third-order valence-corrected chi connectivity index (χ3v) is 6.34. The zero-order valence-corrected chi connectivity index (χ0v) is 21.9. The van der Waals surface area contributed by atoms with Crippen molar-refractivity contribution in [3.63, 3.8) is 0 Å². The minimum absolute atomic E-state index is 0.0639. The van der Waals surface area contributed by atoms with Gasteiger partial charge in [0, 0.05) is 23.9 Å². The van der Waals surface area contributed by atoms with Crippen LogP contribution >= 0.6 is 0 Å². The smallest absolute Gasteiger partial charge is 0.255 e. The number of pyridine rings is 1. The molecule has 0 aliphatic heterocycles. The highest BCUT2D eigenvalue weighted by Crippen LogP contribution is 2.28. The summed E-state index contributed by atoms with van der Waals surface area (Å²) in [7, 11) is 1.53. The second-order valence-electron chi connectivity index (χ2n) is 9.11. The summed E-state index contributed by atoms with van der Waals surface area (Å²) >= 11 is 0. The lowest BCUT2D eigenvalue weighted by atomic mass is 10.0. The summed E-state index contributed by atoms with van der Waals surface area (Å²) < 4.78 is 14.5. The molecule has 0 bridgehead atoms. The van der Waals surface area contributed by atoms with E-state index in [-0.39, 0.29) is 17.9 Å². The molecule has 3 aromatic carbocycles. The average molecular weight is 532 g/mol. The Balaban J connectivity index is 1.38. The highest BCUT2D eigenvalue weighted by molar-refractivity contribution is 6.10. The maximum absolute atomic E-state index is 13.6. The second-order valence-corrected chi connectivity index (χ2v) is 9.11. The number of ketones is 1. The number of carbonyl (C=O) groups excluding carboxylic acids is 1. The fraction of sp³-hybridized carbons (Fsp3) is 0.129. The van der Waals surface area contributed by atoms with Crippen LogP contribution in [0.5, 0.6) is 11.5 Å². The minimum Gasteiger partial charge on any atom is -0.497 e. The lowest BCUT2D eigenvalue weighted by Gasteiger charge is -2.13. The third-order valence-electron chi connectivity index (χ3n) is 6.34. The van der Waals surface area contributed by atoms with Crippen LogP contribution in [0.15, 0.2) is 96.1 Å². The molecule has 2 heterocycles. The van der Waals surface area contributed by atoms with Gasteiger partial charge in [-0.25, -0.2) is 4.68 Å². The number of benzene rings is 3. The molecule has 0 atom stereocenters. The van der Waals surface area contributed by atoms with Gasteiger partial charge in [-0.15, -0.1) is 5.10 Å². The standard InChI is InChI=1S/C31H25N5O4/c1-21-6-3-4-9-28(21)36-18-24(10-13-30(36)37)31(38)27-12-11-26(39-2)15-29(27)40-20-25-19-35(34-33-25)17-23-8-5-7-22(14-23)16-32/h3-15,18-19H,17,20H2,1-2H3. The van der Waals surface area contributed by atoms with Crippen LogP contribution in [0.4, 0.5) is 0 Å². The third kappa shape index (κ3) is 5.66. The number of ether oxygens (including phenoxy) is 2. The molecule has 0 fully saturated rings. The van der Waals surface area contributed by atoms with Gasteiger partial charge in [0.25, 0.3) is 5.56 Å². The molecular formula is C31H25N5O4. The Bertz CT molecular complexity index is 1800. The van der Waals surface area contributed by atoms with Gasteiger partial charge >= 0.3 is 0 Å². The summed E-state index contributed by atoms with van der Waals surface area (Å²) in [6, 6.07) is 24.7. The van der Waals surface area contributed by atoms with Crippen molar-refractivity contribution in [2.75, 3.05) is 7.11 Å². The van der Waals surface area contributed by atoms with Crippen molar-refractivity contribution in [3.8, 4) is 23.3 Å². The monoisotopic (exact) mass is 531 g/mol. The zero-order valence-electron chi connectivity index (χ0n) is 21.9. The summed E-state index contributed by atoms with van der Waals surface area (Å²) in [5.41, 5.74) is 4.09. The topological polar surface area (TPSA) is 112 Å². The van der Waals surface area contributed by atoms with E-state index in [2.05, 4.69) is 16.4 Å². The second kappa shape index (κ2) is 11.5. The van der Waals surface area contributed by atoms with E-state index in [0.29, 0.717) is 46.1 Å². The van der Waals surface area contributed by atoms with E-state index < -0.39 is 0 Å². The molecule has 0 saturated heterocycles.